The minimum absolute atomic E-state index is 0.570. The number of aromatic nitrogens is 1. The molecular formula is C12H11BrN2O. The molecule has 0 amide bonds. The van der Waals surface area contributed by atoms with Crippen LogP contribution in [0.25, 0.3) is 0 Å². The number of nitrogens with zero attached hydrogens (tertiary/aromatic N) is 2. The van der Waals surface area contributed by atoms with Gasteiger partial charge in [-0.1, -0.05) is 33.2 Å². The molecule has 0 radical (unpaired) electrons. The van der Waals surface area contributed by atoms with Gasteiger partial charge in [0.1, 0.15) is 0 Å². The predicted octanol–water partition coefficient (Wildman–Crippen LogP) is 3.80. The van der Waals surface area contributed by atoms with Crippen molar-refractivity contribution in [2.45, 2.75) is 13.8 Å². The Morgan fingerprint density at radius 1 is 1.25 bits per heavy atom. The van der Waals surface area contributed by atoms with Crippen LogP contribution in [0, 0.1) is 13.8 Å². The normalized spacial score (nSPS) is 11.2. The second-order valence-electron chi connectivity index (χ2n) is 3.51. The van der Waals surface area contributed by atoms with Crippen molar-refractivity contribution in [3.63, 3.8) is 0 Å². The van der Waals surface area contributed by atoms with Gasteiger partial charge in [-0.25, -0.2) is 4.99 Å². The van der Waals surface area contributed by atoms with Crippen LogP contribution in [0.4, 0.5) is 5.88 Å². The van der Waals surface area contributed by atoms with Gasteiger partial charge in [-0.15, -0.1) is 0 Å². The topological polar surface area (TPSA) is 38.4 Å². The quantitative estimate of drug-likeness (QED) is 0.784. The van der Waals surface area contributed by atoms with E-state index in [9.17, 15) is 0 Å². The molecule has 0 aliphatic carbocycles. The van der Waals surface area contributed by atoms with Crippen molar-refractivity contribution in [1.29, 1.82) is 0 Å². The minimum Gasteiger partial charge on any atom is -0.336 e. The number of aliphatic imine (C=N–C) groups is 1. The molecule has 0 saturated heterocycles. The van der Waals surface area contributed by atoms with Crippen LogP contribution in [0.2, 0.25) is 0 Å². The van der Waals surface area contributed by atoms with Gasteiger partial charge in [-0.05, 0) is 31.5 Å². The maximum absolute atomic E-state index is 5.08. The Hall–Kier alpha value is -1.42. The van der Waals surface area contributed by atoms with E-state index in [-0.39, 0.29) is 0 Å². The number of aryl methyl sites for hydroxylation is 1. The van der Waals surface area contributed by atoms with E-state index in [1.165, 1.54) is 0 Å². The van der Waals surface area contributed by atoms with E-state index in [0.717, 1.165) is 21.3 Å². The lowest BCUT2D eigenvalue weighted by Crippen LogP contribution is -1.79. The molecule has 2 aromatic rings. The first-order valence-electron chi connectivity index (χ1n) is 4.89. The second-order valence-corrected chi connectivity index (χ2v) is 4.42. The van der Waals surface area contributed by atoms with Crippen molar-refractivity contribution < 1.29 is 4.52 Å². The summed E-state index contributed by atoms with van der Waals surface area (Å²) in [6.07, 6.45) is 1.76. The highest BCUT2D eigenvalue weighted by Gasteiger charge is 2.05. The summed E-state index contributed by atoms with van der Waals surface area (Å²) in [6, 6.07) is 7.90. The predicted molar refractivity (Wildman–Crippen MR) is 67.4 cm³/mol. The minimum atomic E-state index is 0.570. The number of rotatable bonds is 2. The Kier molecular flexibility index (Phi) is 3.19. The highest BCUT2D eigenvalue weighted by Crippen LogP contribution is 2.20. The first-order valence-corrected chi connectivity index (χ1v) is 5.68. The first-order chi connectivity index (χ1) is 7.66. The molecule has 1 heterocycles. The van der Waals surface area contributed by atoms with E-state index in [1.54, 1.807) is 6.21 Å². The third-order valence-corrected chi connectivity index (χ3v) is 2.86. The van der Waals surface area contributed by atoms with E-state index in [2.05, 4.69) is 26.1 Å². The number of halogens is 1. The van der Waals surface area contributed by atoms with Crippen molar-refractivity contribution in [3.05, 3.63) is 45.6 Å². The monoisotopic (exact) mass is 278 g/mol. The van der Waals surface area contributed by atoms with E-state index < -0.39 is 0 Å². The van der Waals surface area contributed by atoms with Crippen LogP contribution in [-0.4, -0.2) is 11.4 Å². The van der Waals surface area contributed by atoms with E-state index in [0.29, 0.717) is 5.88 Å². The van der Waals surface area contributed by atoms with E-state index >= 15 is 0 Å². The molecule has 0 aliphatic rings. The molecule has 0 saturated carbocycles. The largest absolute Gasteiger partial charge is 0.336 e. The standard InChI is InChI=1S/C12H11BrN2O/c1-8-9(2)15-16-12(8)14-7-10-3-5-11(13)6-4-10/h3-7H,1-2H3/b14-7+. The Bertz CT molecular complexity index is 514. The molecular weight excluding hydrogens is 268 g/mol. The van der Waals surface area contributed by atoms with Crippen molar-refractivity contribution in [2.24, 2.45) is 4.99 Å². The maximum Gasteiger partial charge on any atom is 0.253 e. The first kappa shape index (κ1) is 11.1. The molecule has 82 valence electrons. The molecule has 16 heavy (non-hydrogen) atoms. The molecule has 1 aromatic heterocycles. The summed E-state index contributed by atoms with van der Waals surface area (Å²) >= 11 is 3.38. The number of hydrogen-bond acceptors (Lipinski definition) is 3. The molecule has 0 atom stereocenters. The van der Waals surface area contributed by atoms with Crippen LogP contribution in [0.1, 0.15) is 16.8 Å². The van der Waals surface area contributed by atoms with Gasteiger partial charge in [0.2, 0.25) is 0 Å². The molecule has 0 aliphatic heterocycles. The summed E-state index contributed by atoms with van der Waals surface area (Å²) in [7, 11) is 0. The molecule has 1 aromatic carbocycles. The fourth-order valence-corrected chi connectivity index (χ4v) is 1.47. The van der Waals surface area contributed by atoms with E-state index in [4.69, 9.17) is 4.52 Å². The SMILES string of the molecule is Cc1noc(/N=C/c2ccc(Br)cc2)c1C. The summed E-state index contributed by atoms with van der Waals surface area (Å²) in [6.45, 7) is 3.84. The third-order valence-electron chi connectivity index (χ3n) is 2.33. The summed E-state index contributed by atoms with van der Waals surface area (Å²) < 4.78 is 6.14. The highest BCUT2D eigenvalue weighted by molar-refractivity contribution is 9.10. The van der Waals surface area contributed by atoms with E-state index in [1.807, 2.05) is 38.1 Å². The third kappa shape index (κ3) is 2.39. The van der Waals surface area contributed by atoms with Gasteiger partial charge in [-0.3, -0.25) is 0 Å². The van der Waals surface area contributed by atoms with Gasteiger partial charge < -0.3 is 4.52 Å². The molecule has 2 rings (SSSR count). The van der Waals surface area contributed by atoms with Gasteiger partial charge >= 0.3 is 0 Å². The molecule has 3 nitrogen and oxygen atoms in total. The zero-order chi connectivity index (χ0) is 11.5. The average Bonchev–Trinajstić information content (AvgIpc) is 2.60. The maximum atomic E-state index is 5.08. The lowest BCUT2D eigenvalue weighted by Gasteiger charge is -1.92. The molecule has 4 heteroatoms. The number of benzene rings is 1. The smallest absolute Gasteiger partial charge is 0.253 e. The number of hydrogen-bond donors (Lipinski definition) is 0. The highest BCUT2D eigenvalue weighted by atomic mass is 79.9. The lowest BCUT2D eigenvalue weighted by atomic mass is 10.2. The average molecular weight is 279 g/mol. The molecule has 0 N–H and O–H groups in total. The lowest BCUT2D eigenvalue weighted by molar-refractivity contribution is 0.425. The zero-order valence-corrected chi connectivity index (χ0v) is 10.7. The Morgan fingerprint density at radius 3 is 2.50 bits per heavy atom. The van der Waals surface area contributed by atoms with Crippen LogP contribution in [0.3, 0.4) is 0 Å². The van der Waals surface area contributed by atoms with Crippen LogP contribution in [-0.2, 0) is 0 Å². The van der Waals surface area contributed by atoms with Crippen LogP contribution in [0.5, 0.6) is 0 Å². The molecule has 0 bridgehead atoms. The fraction of sp³-hybridized carbons (Fsp3) is 0.167. The molecule has 0 spiro atoms. The zero-order valence-electron chi connectivity index (χ0n) is 9.07. The summed E-state index contributed by atoms with van der Waals surface area (Å²) in [5, 5.41) is 3.85. The van der Waals surface area contributed by atoms with Gasteiger partial charge in [0.15, 0.2) is 0 Å². The Labute approximate surface area is 102 Å². The molecule has 0 fully saturated rings. The fourth-order valence-electron chi connectivity index (χ4n) is 1.21. The Balaban J connectivity index is 2.21. The summed E-state index contributed by atoms with van der Waals surface area (Å²) in [4.78, 5) is 4.26. The van der Waals surface area contributed by atoms with Gasteiger partial charge in [0, 0.05) is 16.3 Å². The summed E-state index contributed by atoms with van der Waals surface area (Å²) in [5.41, 5.74) is 2.88. The second kappa shape index (κ2) is 4.61. The molecule has 0 unspecified atom stereocenters. The van der Waals surface area contributed by atoms with Crippen molar-refractivity contribution in [1.82, 2.24) is 5.16 Å². The van der Waals surface area contributed by atoms with Crippen LogP contribution in [0.15, 0.2) is 38.3 Å². The van der Waals surface area contributed by atoms with Crippen molar-refractivity contribution in [3.8, 4) is 0 Å². The van der Waals surface area contributed by atoms with Gasteiger partial charge in [-0.2, -0.15) is 0 Å². The van der Waals surface area contributed by atoms with Gasteiger partial charge in [0.05, 0.1) is 5.69 Å². The summed E-state index contributed by atoms with van der Waals surface area (Å²) in [5.74, 6) is 0.570. The Morgan fingerprint density at radius 2 is 1.94 bits per heavy atom. The van der Waals surface area contributed by atoms with Crippen LogP contribution < -0.4 is 0 Å². The van der Waals surface area contributed by atoms with Crippen LogP contribution >= 0.6 is 15.9 Å². The van der Waals surface area contributed by atoms with Crippen molar-refractivity contribution >= 4 is 28.0 Å². The van der Waals surface area contributed by atoms with Gasteiger partial charge in [0.25, 0.3) is 5.88 Å². The van der Waals surface area contributed by atoms with Crippen molar-refractivity contribution in [2.75, 3.05) is 0 Å².